The lowest BCUT2D eigenvalue weighted by Gasteiger charge is -2.28. The highest BCUT2D eigenvalue weighted by atomic mass is 127. The molecule has 0 radical (unpaired) electrons. The molecule has 1 fully saturated rings. The van der Waals surface area contributed by atoms with Gasteiger partial charge in [-0.25, -0.2) is 4.99 Å². The van der Waals surface area contributed by atoms with Gasteiger partial charge in [0.25, 0.3) is 0 Å². The van der Waals surface area contributed by atoms with Crippen LogP contribution in [0.1, 0.15) is 56.6 Å². The summed E-state index contributed by atoms with van der Waals surface area (Å²) >= 11 is 0. The van der Waals surface area contributed by atoms with E-state index in [1.807, 2.05) is 17.9 Å². The maximum absolute atomic E-state index is 12.6. The van der Waals surface area contributed by atoms with Crippen LogP contribution in [0, 0.1) is 0 Å². The summed E-state index contributed by atoms with van der Waals surface area (Å²) in [5.41, 5.74) is 2.60. The molecular weight excluding hydrogens is 491 g/mol. The Balaban J connectivity index is 0.00000320. The maximum Gasteiger partial charge on any atom is 0.244 e. The molecule has 0 bridgehead atoms. The van der Waals surface area contributed by atoms with Crippen molar-refractivity contribution in [1.29, 1.82) is 0 Å². The van der Waals surface area contributed by atoms with Gasteiger partial charge in [0, 0.05) is 32.8 Å². The topological polar surface area (TPSA) is 66.0 Å². The summed E-state index contributed by atoms with van der Waals surface area (Å²) in [6, 6.07) is 8.37. The minimum atomic E-state index is 0. The van der Waals surface area contributed by atoms with E-state index in [0.717, 1.165) is 39.1 Å². The fourth-order valence-corrected chi connectivity index (χ4v) is 4.06. The van der Waals surface area contributed by atoms with Crippen LogP contribution in [0.2, 0.25) is 0 Å². The van der Waals surface area contributed by atoms with Gasteiger partial charge in [0.05, 0.1) is 6.10 Å². The van der Waals surface area contributed by atoms with Crippen molar-refractivity contribution < 1.29 is 9.53 Å². The van der Waals surface area contributed by atoms with E-state index >= 15 is 0 Å². The molecule has 1 aromatic carbocycles. The molecule has 1 saturated carbocycles. The maximum atomic E-state index is 12.6. The van der Waals surface area contributed by atoms with E-state index in [9.17, 15) is 4.79 Å². The zero-order chi connectivity index (χ0) is 20.3. The lowest BCUT2D eigenvalue weighted by molar-refractivity contribution is -0.130. The fourth-order valence-electron chi connectivity index (χ4n) is 4.06. The summed E-state index contributed by atoms with van der Waals surface area (Å²) in [5, 5.41) is 6.54. The Morgan fingerprint density at radius 2 is 1.93 bits per heavy atom. The first-order valence-corrected chi connectivity index (χ1v) is 11.2. The molecule has 0 saturated heterocycles. The normalized spacial score (nSPS) is 17.1. The summed E-state index contributed by atoms with van der Waals surface area (Å²) < 4.78 is 5.97. The third kappa shape index (κ3) is 8.06. The molecule has 1 aliphatic heterocycles. The lowest BCUT2D eigenvalue weighted by atomic mass is 9.98. The number of carbonyl (C=O) groups excluding carboxylic acids is 1. The van der Waals surface area contributed by atoms with Crippen molar-refractivity contribution in [2.75, 3.05) is 32.8 Å². The second-order valence-corrected chi connectivity index (χ2v) is 7.94. The molecule has 0 unspecified atom stereocenters. The molecule has 0 atom stereocenters. The Morgan fingerprint density at radius 3 is 2.70 bits per heavy atom. The highest BCUT2D eigenvalue weighted by Gasteiger charge is 2.20. The van der Waals surface area contributed by atoms with Crippen molar-refractivity contribution in [1.82, 2.24) is 15.5 Å². The average Bonchev–Trinajstić information content (AvgIpc) is 2.77. The number of halogens is 1. The van der Waals surface area contributed by atoms with Gasteiger partial charge in [-0.3, -0.25) is 4.79 Å². The molecule has 1 aliphatic carbocycles. The molecule has 6 nitrogen and oxygen atoms in total. The van der Waals surface area contributed by atoms with Crippen molar-refractivity contribution in [2.24, 2.45) is 4.99 Å². The molecular formula is C23H37IN4O2. The van der Waals surface area contributed by atoms with E-state index in [2.05, 4.69) is 33.8 Å². The summed E-state index contributed by atoms with van der Waals surface area (Å²) in [6.07, 6.45) is 8.70. The Bertz CT molecular complexity index is 677. The molecule has 1 heterocycles. The van der Waals surface area contributed by atoms with E-state index in [-0.39, 0.29) is 36.4 Å². The van der Waals surface area contributed by atoms with Gasteiger partial charge in [0.1, 0.15) is 6.54 Å². The number of nitrogens with one attached hydrogen (secondary N) is 2. The molecule has 7 heteroatoms. The van der Waals surface area contributed by atoms with Gasteiger partial charge in [-0.2, -0.15) is 0 Å². The van der Waals surface area contributed by atoms with Crippen LogP contribution in [-0.4, -0.2) is 55.7 Å². The van der Waals surface area contributed by atoms with Gasteiger partial charge >= 0.3 is 0 Å². The molecule has 2 N–H and O–H groups in total. The largest absolute Gasteiger partial charge is 0.378 e. The van der Waals surface area contributed by atoms with Gasteiger partial charge in [0.2, 0.25) is 5.91 Å². The van der Waals surface area contributed by atoms with Crippen molar-refractivity contribution in [3.05, 3.63) is 35.4 Å². The van der Waals surface area contributed by atoms with Crippen molar-refractivity contribution in [3.63, 3.8) is 0 Å². The van der Waals surface area contributed by atoms with Crippen LogP contribution in [0.5, 0.6) is 0 Å². The van der Waals surface area contributed by atoms with Crippen LogP contribution < -0.4 is 10.6 Å². The number of guanidine groups is 1. The number of hydrogen-bond acceptors (Lipinski definition) is 3. The first kappa shape index (κ1) is 24.9. The minimum Gasteiger partial charge on any atom is -0.378 e. The van der Waals surface area contributed by atoms with E-state index in [1.165, 1.54) is 43.2 Å². The Hall–Kier alpha value is -1.35. The Labute approximate surface area is 198 Å². The molecule has 0 spiro atoms. The van der Waals surface area contributed by atoms with E-state index < -0.39 is 0 Å². The van der Waals surface area contributed by atoms with E-state index in [4.69, 9.17) is 4.74 Å². The molecule has 1 amide bonds. The number of ether oxygens (including phenoxy) is 1. The zero-order valence-corrected chi connectivity index (χ0v) is 20.5. The van der Waals surface area contributed by atoms with Gasteiger partial charge < -0.3 is 20.3 Å². The Kier molecular flexibility index (Phi) is 11.5. The molecule has 3 rings (SSSR count). The van der Waals surface area contributed by atoms with Crippen molar-refractivity contribution in [3.8, 4) is 0 Å². The first-order valence-electron chi connectivity index (χ1n) is 11.2. The van der Waals surface area contributed by atoms with Crippen LogP contribution in [-0.2, 0) is 22.5 Å². The average molecular weight is 528 g/mol. The summed E-state index contributed by atoms with van der Waals surface area (Å²) in [6.45, 7) is 6.02. The number of nitrogens with zero attached hydrogens (tertiary/aromatic N) is 2. The number of fused-ring (bicyclic) bond motifs is 1. The van der Waals surface area contributed by atoms with Crippen molar-refractivity contribution >= 4 is 35.8 Å². The monoisotopic (exact) mass is 528 g/mol. The lowest BCUT2D eigenvalue weighted by Crippen LogP contribution is -2.41. The van der Waals surface area contributed by atoms with Gasteiger partial charge in [-0.15, -0.1) is 24.0 Å². The van der Waals surface area contributed by atoms with Crippen LogP contribution in [0.25, 0.3) is 0 Å². The van der Waals surface area contributed by atoms with Crippen LogP contribution in [0.3, 0.4) is 0 Å². The van der Waals surface area contributed by atoms with Gasteiger partial charge in [-0.05, 0) is 43.7 Å². The SMILES string of the molecule is CCNC(=NCC(=O)N1CCc2ccccc2C1)NCCCOC1CCCCC1.I. The van der Waals surface area contributed by atoms with Crippen LogP contribution >= 0.6 is 24.0 Å². The highest BCUT2D eigenvalue weighted by Crippen LogP contribution is 2.20. The predicted molar refractivity (Wildman–Crippen MR) is 132 cm³/mol. The second kappa shape index (κ2) is 13.9. The first-order chi connectivity index (χ1) is 14.3. The molecule has 0 aromatic heterocycles. The summed E-state index contributed by atoms with van der Waals surface area (Å²) in [7, 11) is 0. The Morgan fingerprint density at radius 1 is 1.17 bits per heavy atom. The van der Waals surface area contributed by atoms with Crippen LogP contribution in [0.15, 0.2) is 29.3 Å². The summed E-state index contributed by atoms with van der Waals surface area (Å²) in [5.74, 6) is 0.785. The molecule has 168 valence electrons. The quantitative estimate of drug-likeness (QED) is 0.235. The fraction of sp³-hybridized carbons (Fsp3) is 0.652. The number of amides is 1. The number of hydrogen-bond donors (Lipinski definition) is 2. The molecule has 2 aliphatic rings. The van der Waals surface area contributed by atoms with Crippen LogP contribution in [0.4, 0.5) is 0 Å². The third-order valence-electron chi connectivity index (χ3n) is 5.72. The zero-order valence-electron chi connectivity index (χ0n) is 18.2. The minimum absolute atomic E-state index is 0. The van der Waals surface area contributed by atoms with E-state index in [1.54, 1.807) is 0 Å². The second-order valence-electron chi connectivity index (χ2n) is 7.94. The molecule has 30 heavy (non-hydrogen) atoms. The molecule has 1 aromatic rings. The highest BCUT2D eigenvalue weighted by molar-refractivity contribution is 14.0. The van der Waals surface area contributed by atoms with Crippen molar-refractivity contribution in [2.45, 2.75) is 64.5 Å². The number of aliphatic imine (C=N–C) groups is 1. The standard InChI is InChI=1S/C23H36N4O2.HI/c1-2-24-23(25-14-8-16-29-21-11-4-3-5-12-21)26-17-22(28)27-15-13-19-9-6-7-10-20(19)18-27;/h6-7,9-10,21H,2-5,8,11-18H2,1H3,(H2,24,25,26);1H. The van der Waals surface area contributed by atoms with E-state index in [0.29, 0.717) is 18.6 Å². The predicted octanol–water partition coefficient (Wildman–Crippen LogP) is 3.48. The summed E-state index contributed by atoms with van der Waals surface area (Å²) in [4.78, 5) is 19.0. The number of benzene rings is 1. The smallest absolute Gasteiger partial charge is 0.244 e. The van der Waals surface area contributed by atoms with Gasteiger partial charge in [0.15, 0.2) is 5.96 Å². The number of rotatable bonds is 8. The van der Waals surface area contributed by atoms with Gasteiger partial charge in [-0.1, -0.05) is 43.5 Å². The third-order valence-corrected chi connectivity index (χ3v) is 5.72. The number of carbonyl (C=O) groups is 1.